The lowest BCUT2D eigenvalue weighted by atomic mass is 10.1. The summed E-state index contributed by atoms with van der Waals surface area (Å²) in [5, 5.41) is 6.15. The van der Waals surface area contributed by atoms with Gasteiger partial charge in [-0.2, -0.15) is 0 Å². The number of carbonyl (C=O) groups excluding carboxylic acids is 2. The van der Waals surface area contributed by atoms with E-state index in [9.17, 15) is 9.59 Å². The topological polar surface area (TPSA) is 58.2 Å². The number of amides is 2. The number of hydrogen-bond donors (Lipinski definition) is 2. The van der Waals surface area contributed by atoms with E-state index in [1.165, 1.54) is 11.8 Å². The summed E-state index contributed by atoms with van der Waals surface area (Å²) < 4.78 is 0. The molecule has 1 atom stereocenters. The van der Waals surface area contributed by atoms with Gasteiger partial charge in [-0.25, -0.2) is 0 Å². The molecule has 2 amide bonds. The average molecular weight is 521 g/mol. The summed E-state index contributed by atoms with van der Waals surface area (Å²) >= 11 is 13.7. The number of aryl methyl sites for hydroxylation is 1. The minimum atomic E-state index is -0.561. The highest BCUT2D eigenvalue weighted by molar-refractivity contribution is 8.00. The second-order valence-corrected chi connectivity index (χ2v) is 9.90. The maximum atomic E-state index is 13.4. The Balaban J connectivity index is 1.56. The third-order valence-electron chi connectivity index (χ3n) is 5.15. The van der Waals surface area contributed by atoms with Gasteiger partial charge in [0.05, 0.1) is 10.7 Å². The Kier molecular flexibility index (Phi) is 8.13. The van der Waals surface area contributed by atoms with Gasteiger partial charge in [-0.1, -0.05) is 77.3 Å². The first-order valence-electron chi connectivity index (χ1n) is 10.8. The molecular formula is C28H22Cl2N2O2S. The van der Waals surface area contributed by atoms with E-state index in [2.05, 4.69) is 10.6 Å². The van der Waals surface area contributed by atoms with Crippen molar-refractivity contribution in [1.82, 2.24) is 0 Å². The van der Waals surface area contributed by atoms with Gasteiger partial charge in [-0.05, 0) is 61.0 Å². The summed E-state index contributed by atoms with van der Waals surface area (Å²) in [6, 6.07) is 29.3. The Hall–Kier alpha value is -3.25. The molecular weight excluding hydrogens is 499 g/mol. The van der Waals surface area contributed by atoms with Crippen molar-refractivity contribution >= 4 is 58.2 Å². The highest BCUT2D eigenvalue weighted by atomic mass is 35.5. The van der Waals surface area contributed by atoms with Gasteiger partial charge in [-0.3, -0.25) is 9.59 Å². The van der Waals surface area contributed by atoms with Crippen LogP contribution in [0.3, 0.4) is 0 Å². The lowest BCUT2D eigenvalue weighted by Gasteiger charge is -2.18. The SMILES string of the molecule is Cc1cccc(C(=O)Nc2cccc(SC(C(=O)Nc3cc(Cl)ccc3Cl)c3ccccc3)c2)c1. The number of hydrogen-bond acceptors (Lipinski definition) is 3. The highest BCUT2D eigenvalue weighted by Crippen LogP contribution is 2.38. The predicted octanol–water partition coefficient (Wildman–Crippen LogP) is 8.03. The first kappa shape index (κ1) is 24.9. The van der Waals surface area contributed by atoms with Crippen LogP contribution >= 0.6 is 35.0 Å². The average Bonchev–Trinajstić information content (AvgIpc) is 2.85. The minimum Gasteiger partial charge on any atom is -0.323 e. The van der Waals surface area contributed by atoms with Crippen molar-refractivity contribution in [2.24, 2.45) is 0 Å². The minimum absolute atomic E-state index is 0.191. The molecule has 0 fully saturated rings. The molecule has 0 heterocycles. The molecule has 0 saturated carbocycles. The molecule has 0 aliphatic rings. The van der Waals surface area contributed by atoms with Crippen LogP contribution in [0.1, 0.15) is 26.7 Å². The third kappa shape index (κ3) is 6.67. The maximum Gasteiger partial charge on any atom is 0.255 e. The molecule has 7 heteroatoms. The Morgan fingerprint density at radius 1 is 0.800 bits per heavy atom. The summed E-state index contributed by atoms with van der Waals surface area (Å²) in [5.74, 6) is -0.427. The second kappa shape index (κ2) is 11.5. The monoisotopic (exact) mass is 520 g/mol. The Morgan fingerprint density at radius 3 is 2.34 bits per heavy atom. The maximum absolute atomic E-state index is 13.4. The van der Waals surface area contributed by atoms with Crippen LogP contribution in [0.5, 0.6) is 0 Å². The van der Waals surface area contributed by atoms with E-state index in [0.29, 0.717) is 27.0 Å². The fourth-order valence-corrected chi connectivity index (χ4v) is 4.89. The van der Waals surface area contributed by atoms with E-state index in [-0.39, 0.29) is 11.8 Å². The molecule has 4 aromatic rings. The number of halogens is 2. The Labute approximate surface area is 218 Å². The first-order chi connectivity index (χ1) is 16.9. The highest BCUT2D eigenvalue weighted by Gasteiger charge is 2.23. The van der Waals surface area contributed by atoms with Crippen LogP contribution in [-0.2, 0) is 4.79 Å². The van der Waals surface area contributed by atoms with Gasteiger partial charge in [0.2, 0.25) is 5.91 Å². The standard InChI is InChI=1S/C28H22Cl2N2O2S/c1-18-7-5-10-20(15-18)27(33)31-22-11-6-12-23(17-22)35-26(19-8-3-2-4-9-19)28(34)32-25-16-21(29)13-14-24(25)30/h2-17,26H,1H3,(H,31,33)(H,32,34). The van der Waals surface area contributed by atoms with Crippen LogP contribution in [0.4, 0.5) is 11.4 Å². The van der Waals surface area contributed by atoms with Crippen molar-refractivity contribution in [2.75, 3.05) is 10.6 Å². The van der Waals surface area contributed by atoms with Crippen LogP contribution in [0.2, 0.25) is 10.0 Å². The van der Waals surface area contributed by atoms with E-state index < -0.39 is 5.25 Å². The van der Waals surface area contributed by atoms with E-state index in [4.69, 9.17) is 23.2 Å². The molecule has 1 unspecified atom stereocenters. The first-order valence-corrected chi connectivity index (χ1v) is 12.5. The van der Waals surface area contributed by atoms with Crippen LogP contribution < -0.4 is 10.6 Å². The number of benzene rings is 4. The normalized spacial score (nSPS) is 11.5. The number of anilines is 2. The summed E-state index contributed by atoms with van der Waals surface area (Å²) in [7, 11) is 0. The molecule has 35 heavy (non-hydrogen) atoms. The molecule has 4 nitrogen and oxygen atoms in total. The molecule has 0 aliphatic heterocycles. The summed E-state index contributed by atoms with van der Waals surface area (Å²) in [6.45, 7) is 1.94. The molecule has 0 aromatic heterocycles. The van der Waals surface area contributed by atoms with Crippen LogP contribution in [0.25, 0.3) is 0 Å². The predicted molar refractivity (Wildman–Crippen MR) is 146 cm³/mol. The molecule has 4 rings (SSSR count). The van der Waals surface area contributed by atoms with Crippen LogP contribution in [0, 0.1) is 6.92 Å². The van der Waals surface area contributed by atoms with E-state index in [0.717, 1.165) is 16.0 Å². The van der Waals surface area contributed by atoms with Crippen molar-refractivity contribution < 1.29 is 9.59 Å². The van der Waals surface area contributed by atoms with E-state index in [1.807, 2.05) is 79.7 Å². The fraction of sp³-hybridized carbons (Fsp3) is 0.0714. The molecule has 0 bridgehead atoms. The van der Waals surface area contributed by atoms with Crippen molar-refractivity contribution in [3.8, 4) is 0 Å². The second-order valence-electron chi connectivity index (χ2n) is 7.87. The number of nitrogens with one attached hydrogen (secondary N) is 2. The van der Waals surface area contributed by atoms with Crippen LogP contribution in [0.15, 0.2) is 102 Å². The quantitative estimate of drug-likeness (QED) is 0.242. The lowest BCUT2D eigenvalue weighted by Crippen LogP contribution is -2.19. The number of thioether (sulfide) groups is 1. The largest absolute Gasteiger partial charge is 0.323 e. The Bertz CT molecular complexity index is 1360. The van der Waals surface area contributed by atoms with Crippen molar-refractivity contribution in [3.05, 3.63) is 124 Å². The molecule has 4 aromatic carbocycles. The zero-order valence-corrected chi connectivity index (χ0v) is 21.1. The molecule has 2 N–H and O–H groups in total. The fourth-order valence-electron chi connectivity index (χ4n) is 3.47. The van der Waals surface area contributed by atoms with Crippen LogP contribution in [-0.4, -0.2) is 11.8 Å². The lowest BCUT2D eigenvalue weighted by molar-refractivity contribution is -0.115. The smallest absolute Gasteiger partial charge is 0.255 e. The molecule has 0 saturated heterocycles. The van der Waals surface area contributed by atoms with Gasteiger partial charge < -0.3 is 10.6 Å². The summed E-state index contributed by atoms with van der Waals surface area (Å²) in [4.78, 5) is 26.9. The zero-order valence-electron chi connectivity index (χ0n) is 18.8. The number of carbonyl (C=O) groups is 2. The molecule has 0 spiro atoms. The number of rotatable bonds is 7. The molecule has 176 valence electrons. The van der Waals surface area contributed by atoms with Crippen molar-refractivity contribution in [1.29, 1.82) is 0 Å². The van der Waals surface area contributed by atoms with Gasteiger partial charge in [0.1, 0.15) is 5.25 Å². The summed E-state index contributed by atoms with van der Waals surface area (Å²) in [5.41, 5.74) is 3.53. The van der Waals surface area contributed by atoms with E-state index >= 15 is 0 Å². The van der Waals surface area contributed by atoms with Crippen molar-refractivity contribution in [2.45, 2.75) is 17.1 Å². The summed E-state index contributed by atoms with van der Waals surface area (Å²) in [6.07, 6.45) is 0. The Morgan fingerprint density at radius 2 is 1.57 bits per heavy atom. The van der Waals surface area contributed by atoms with Gasteiger partial charge in [0, 0.05) is 21.2 Å². The van der Waals surface area contributed by atoms with Gasteiger partial charge in [0.25, 0.3) is 5.91 Å². The molecule has 0 aliphatic carbocycles. The van der Waals surface area contributed by atoms with Gasteiger partial charge in [0.15, 0.2) is 0 Å². The zero-order chi connectivity index (χ0) is 24.8. The van der Waals surface area contributed by atoms with Gasteiger partial charge >= 0.3 is 0 Å². The third-order valence-corrected chi connectivity index (χ3v) is 6.97. The van der Waals surface area contributed by atoms with Gasteiger partial charge in [-0.15, -0.1) is 11.8 Å². The van der Waals surface area contributed by atoms with Crippen molar-refractivity contribution in [3.63, 3.8) is 0 Å². The van der Waals surface area contributed by atoms with E-state index in [1.54, 1.807) is 24.3 Å². The molecule has 0 radical (unpaired) electrons.